The number of hydrogen-bond donors (Lipinski definition) is 2. The summed E-state index contributed by atoms with van der Waals surface area (Å²) in [5.74, 6) is 2.57. The van der Waals surface area contributed by atoms with E-state index in [0.29, 0.717) is 58.7 Å². The van der Waals surface area contributed by atoms with Gasteiger partial charge < -0.3 is 30.1 Å². The van der Waals surface area contributed by atoms with Crippen LogP contribution in [0.2, 0.25) is 0 Å². The van der Waals surface area contributed by atoms with Gasteiger partial charge in [0, 0.05) is 35.8 Å². The second kappa shape index (κ2) is 11.3. The van der Waals surface area contributed by atoms with Crippen molar-refractivity contribution in [2.75, 3.05) is 44.4 Å². The van der Waals surface area contributed by atoms with Gasteiger partial charge in [0.2, 0.25) is 11.6 Å². The van der Waals surface area contributed by atoms with E-state index in [2.05, 4.69) is 45.4 Å². The lowest BCUT2D eigenvalue weighted by atomic mass is 9.63. The Kier molecular flexibility index (Phi) is 7.21. The average Bonchev–Trinajstić information content (AvgIpc) is 3.89. The Morgan fingerprint density at radius 1 is 1.21 bits per heavy atom. The molecule has 0 unspecified atom stereocenters. The van der Waals surface area contributed by atoms with E-state index in [4.69, 9.17) is 25.0 Å². The van der Waals surface area contributed by atoms with Gasteiger partial charge >= 0.3 is 0 Å². The number of nitrogens with zero attached hydrogens (tertiary/aromatic N) is 8. The van der Waals surface area contributed by atoms with E-state index in [9.17, 15) is 10.1 Å². The molecule has 0 aromatic carbocycles. The number of ether oxygens (including phenoxy) is 1. The molecule has 6 heterocycles. The van der Waals surface area contributed by atoms with Gasteiger partial charge in [0.1, 0.15) is 17.7 Å². The minimum atomic E-state index is -0.455. The first-order chi connectivity index (χ1) is 22.8. The molecule has 4 aromatic heterocycles. The van der Waals surface area contributed by atoms with Crippen LogP contribution in [0.15, 0.2) is 16.8 Å². The molecule has 0 saturated carbocycles. The summed E-state index contributed by atoms with van der Waals surface area (Å²) in [6.07, 6.45) is 9.29. The number of aryl methyl sites for hydroxylation is 1. The van der Waals surface area contributed by atoms with Gasteiger partial charge in [0.25, 0.3) is 5.91 Å². The van der Waals surface area contributed by atoms with Gasteiger partial charge in [-0.05, 0) is 83.5 Å². The number of anilines is 2. The van der Waals surface area contributed by atoms with Crippen molar-refractivity contribution in [3.63, 3.8) is 0 Å². The number of nitrogen functional groups attached to an aromatic ring is 1. The second-order valence-electron chi connectivity index (χ2n) is 13.1. The first kappa shape index (κ1) is 29.9. The zero-order valence-corrected chi connectivity index (χ0v) is 27.7. The highest BCUT2D eigenvalue weighted by Gasteiger charge is 2.49. The van der Waals surface area contributed by atoms with Crippen LogP contribution >= 0.6 is 11.3 Å². The number of nitrogens with two attached hydrogens (primary N) is 1. The summed E-state index contributed by atoms with van der Waals surface area (Å²) in [4.78, 5) is 28.6. The van der Waals surface area contributed by atoms with E-state index in [0.717, 1.165) is 74.8 Å². The first-order valence-corrected chi connectivity index (χ1v) is 17.3. The predicted molar refractivity (Wildman–Crippen MR) is 176 cm³/mol. The number of thiophene rings is 1. The molecule has 4 aromatic rings. The van der Waals surface area contributed by atoms with Gasteiger partial charge in [-0.25, -0.2) is 14.6 Å². The highest BCUT2D eigenvalue weighted by Crippen LogP contribution is 2.55. The van der Waals surface area contributed by atoms with Crippen LogP contribution in [0.1, 0.15) is 83.3 Å². The summed E-state index contributed by atoms with van der Waals surface area (Å²) in [6.45, 7) is 4.47. The minimum Gasteiger partial charge on any atom is -0.484 e. The Balaban J connectivity index is 1.29. The number of hydrogen-bond acceptors (Lipinski definition) is 12. The van der Waals surface area contributed by atoms with Crippen LogP contribution in [0.25, 0.3) is 17.3 Å². The lowest BCUT2D eigenvalue weighted by Gasteiger charge is -2.40. The summed E-state index contributed by atoms with van der Waals surface area (Å²) in [7, 11) is 3.76. The van der Waals surface area contributed by atoms with Crippen LogP contribution in [-0.4, -0.2) is 81.6 Å². The zero-order valence-electron chi connectivity index (χ0n) is 26.9. The summed E-state index contributed by atoms with van der Waals surface area (Å²) in [6, 6.07) is 4.60. The number of fused-ring (bicyclic) bond motifs is 5. The van der Waals surface area contributed by atoms with E-state index in [1.54, 1.807) is 24.0 Å². The monoisotopic (exact) mass is 654 g/mol. The molecule has 2 aliphatic carbocycles. The molecule has 1 spiro atoms. The molecule has 3 N–H and O–H groups in total. The molecular weight excluding hydrogens is 616 g/mol. The van der Waals surface area contributed by atoms with Crippen molar-refractivity contribution in [1.82, 2.24) is 35.1 Å². The summed E-state index contributed by atoms with van der Waals surface area (Å²) in [5.41, 5.74) is 9.35. The molecule has 47 heavy (non-hydrogen) atoms. The van der Waals surface area contributed by atoms with Crippen molar-refractivity contribution < 1.29 is 14.1 Å². The van der Waals surface area contributed by atoms with E-state index in [1.165, 1.54) is 16.2 Å². The molecule has 3 atom stereocenters. The Hall–Kier alpha value is -4.48. The smallest absolute Gasteiger partial charge is 0.271 e. The fourth-order valence-electron chi connectivity index (χ4n) is 8.42. The maximum Gasteiger partial charge on any atom is 0.271 e. The number of aromatic nitrogens is 5. The Morgan fingerprint density at radius 2 is 2.02 bits per heavy atom. The molecule has 1 fully saturated rings. The fraction of sp³-hybridized carbons (Fsp3) is 0.515. The van der Waals surface area contributed by atoms with Crippen LogP contribution in [0.4, 0.5) is 10.8 Å². The lowest BCUT2D eigenvalue weighted by Crippen LogP contribution is -2.50. The normalized spacial score (nSPS) is 22.7. The minimum absolute atomic E-state index is 0.170. The van der Waals surface area contributed by atoms with Gasteiger partial charge in [-0.3, -0.25) is 4.79 Å². The highest BCUT2D eigenvalue weighted by molar-refractivity contribution is 7.16. The van der Waals surface area contributed by atoms with Crippen molar-refractivity contribution >= 4 is 28.1 Å². The summed E-state index contributed by atoms with van der Waals surface area (Å²) in [5, 5.41) is 22.6. The van der Waals surface area contributed by atoms with E-state index < -0.39 is 5.41 Å². The van der Waals surface area contributed by atoms with Gasteiger partial charge in [0.15, 0.2) is 28.8 Å². The molecule has 0 radical (unpaired) electrons. The number of likely N-dealkylation sites (N-methyl/N-ethyl adjacent to an activating group) is 1. The van der Waals surface area contributed by atoms with Gasteiger partial charge in [-0.1, -0.05) is 5.16 Å². The van der Waals surface area contributed by atoms with Crippen LogP contribution < -0.4 is 20.7 Å². The van der Waals surface area contributed by atoms with Crippen molar-refractivity contribution in [2.24, 2.45) is 0 Å². The molecule has 1 amide bonds. The molecule has 0 bridgehead atoms. The van der Waals surface area contributed by atoms with Crippen molar-refractivity contribution in [3.8, 4) is 29.2 Å². The number of carbonyl (C=O) groups is 1. The highest BCUT2D eigenvalue weighted by atomic mass is 32.1. The Bertz CT molecular complexity index is 1920. The Morgan fingerprint density at radius 3 is 2.79 bits per heavy atom. The molecule has 1 saturated heterocycles. The number of amides is 1. The van der Waals surface area contributed by atoms with E-state index in [1.807, 2.05) is 0 Å². The second-order valence-corrected chi connectivity index (χ2v) is 14.2. The summed E-state index contributed by atoms with van der Waals surface area (Å²) < 4.78 is 14.2. The number of carbonyl (C=O) groups excluding carboxylic acids is 1. The van der Waals surface area contributed by atoms with Crippen LogP contribution in [0.3, 0.4) is 0 Å². The topological polar surface area (TPSA) is 164 Å². The molecule has 244 valence electrons. The lowest BCUT2D eigenvalue weighted by molar-refractivity contribution is 0.0957. The predicted octanol–water partition coefficient (Wildman–Crippen LogP) is 3.83. The number of nitriles is 1. The zero-order chi connectivity index (χ0) is 32.4. The van der Waals surface area contributed by atoms with E-state index >= 15 is 0 Å². The molecule has 13 nitrogen and oxygen atoms in total. The molecule has 4 aliphatic rings. The van der Waals surface area contributed by atoms with Crippen molar-refractivity contribution in [3.05, 3.63) is 45.3 Å². The van der Waals surface area contributed by atoms with Crippen LogP contribution in [0, 0.1) is 11.3 Å². The van der Waals surface area contributed by atoms with Crippen LogP contribution in [0.5, 0.6) is 5.75 Å². The summed E-state index contributed by atoms with van der Waals surface area (Å²) >= 11 is 1.53. The third-order valence-electron chi connectivity index (χ3n) is 10.6. The van der Waals surface area contributed by atoms with E-state index in [-0.39, 0.29) is 17.6 Å². The first-order valence-electron chi connectivity index (χ1n) is 16.5. The fourth-order valence-corrected chi connectivity index (χ4v) is 9.58. The molecule has 8 rings (SSSR count). The number of nitrogens with one attached hydrogen (secondary N) is 1. The number of rotatable bonds is 5. The number of likely N-dealkylation sites (tertiary alicyclic amines) is 1. The molecular formula is C33H38N10O3S. The maximum atomic E-state index is 12.4. The van der Waals surface area contributed by atoms with Crippen molar-refractivity contribution in [1.29, 1.82) is 5.26 Å². The Labute approximate surface area is 276 Å². The SMILES string of the molecule is CNC(=O)c1ccn(-c2nc(-c3noc4c3CCC[C@@]43CCCc4sc(N)c(C#N)c43)nc3c2OCCN3[C@@H](C)[C@@H]2CCCN2C)n1. The quantitative estimate of drug-likeness (QED) is 0.321. The molecule has 2 aliphatic heterocycles. The van der Waals surface area contributed by atoms with Gasteiger partial charge in [-0.2, -0.15) is 10.4 Å². The third-order valence-corrected chi connectivity index (χ3v) is 11.7. The van der Waals surface area contributed by atoms with Gasteiger partial charge in [0.05, 0.1) is 17.5 Å². The van der Waals surface area contributed by atoms with Gasteiger partial charge in [-0.15, -0.1) is 11.3 Å². The maximum absolute atomic E-state index is 12.4. The standard InChI is InChI=1S/C33H38N10O3S/c1-18(22-8-6-13-41(22)3)42-15-16-45-26-30(42)37-29(38-31(26)43-14-10-21(39-43)32(44)36-2)25-19-7-4-11-33(27(19)46-40-25)12-5-9-23-24(33)20(17-34)28(35)47-23/h10,14,18,22H,4-9,11-13,15-16,35H2,1-3H3,(H,36,44)/t18-,22-,33-/m0/s1. The third kappa shape index (κ3) is 4.54. The van der Waals surface area contributed by atoms with Crippen LogP contribution in [-0.2, 0) is 18.3 Å². The van der Waals surface area contributed by atoms with Crippen molar-refractivity contribution in [2.45, 2.75) is 75.8 Å². The molecule has 14 heteroatoms. The average molecular weight is 655 g/mol. The largest absolute Gasteiger partial charge is 0.484 e.